The van der Waals surface area contributed by atoms with Gasteiger partial charge in [0.1, 0.15) is 11.5 Å². The molecule has 0 spiro atoms. The van der Waals surface area contributed by atoms with Gasteiger partial charge in [-0.15, -0.1) is 0 Å². The van der Waals surface area contributed by atoms with Crippen LogP contribution in [-0.2, 0) is 7.05 Å². The molecule has 1 N–H and O–H groups in total. The molecule has 4 heterocycles. The second kappa shape index (κ2) is 7.81. The Bertz CT molecular complexity index is 944. The quantitative estimate of drug-likeness (QED) is 0.723. The molecular weight excluding hydrogens is 352 g/mol. The number of likely N-dealkylation sites (N-methyl/N-ethyl adjacent to an activating group) is 1. The van der Waals surface area contributed by atoms with Gasteiger partial charge in [0.05, 0.1) is 11.1 Å². The fraction of sp³-hybridized carbons (Fsp3) is 0.500. The standard InChI is InChI=1S/C20H28N8/c1-14(28-11-9-26(3)10-12-28)13-22-19-17-15(2)25-27(4)20(17)24-18(23-19)16-7-5-6-8-21-16/h5-8,14H,9-13H2,1-4H3,(H,22,23,24). The van der Waals surface area contributed by atoms with Crippen LogP contribution in [0, 0.1) is 6.92 Å². The number of fused-ring (bicyclic) bond motifs is 1. The smallest absolute Gasteiger partial charge is 0.182 e. The fourth-order valence-corrected chi connectivity index (χ4v) is 3.71. The van der Waals surface area contributed by atoms with Gasteiger partial charge in [0.25, 0.3) is 0 Å². The van der Waals surface area contributed by atoms with E-state index >= 15 is 0 Å². The van der Waals surface area contributed by atoms with Crippen LogP contribution in [0.5, 0.6) is 0 Å². The van der Waals surface area contributed by atoms with E-state index in [0.717, 1.165) is 61.0 Å². The number of piperazine rings is 1. The summed E-state index contributed by atoms with van der Waals surface area (Å²) in [6, 6.07) is 6.20. The first kappa shape index (κ1) is 18.8. The molecule has 1 aliphatic rings. The average molecular weight is 381 g/mol. The van der Waals surface area contributed by atoms with Crippen LogP contribution in [0.15, 0.2) is 24.4 Å². The number of aromatic nitrogens is 5. The van der Waals surface area contributed by atoms with Gasteiger partial charge < -0.3 is 10.2 Å². The molecular formula is C20H28N8. The van der Waals surface area contributed by atoms with E-state index in [0.29, 0.717) is 11.9 Å². The first-order valence-electron chi connectivity index (χ1n) is 9.82. The monoisotopic (exact) mass is 380 g/mol. The molecule has 1 atom stereocenters. The number of anilines is 1. The molecule has 0 saturated carbocycles. The highest BCUT2D eigenvalue weighted by molar-refractivity contribution is 5.90. The maximum absolute atomic E-state index is 4.81. The maximum atomic E-state index is 4.81. The number of nitrogens with zero attached hydrogens (tertiary/aromatic N) is 7. The number of hydrogen-bond donors (Lipinski definition) is 1. The Morgan fingerprint density at radius 2 is 1.89 bits per heavy atom. The summed E-state index contributed by atoms with van der Waals surface area (Å²) in [4.78, 5) is 18.9. The van der Waals surface area contributed by atoms with E-state index in [9.17, 15) is 0 Å². The predicted molar refractivity (Wildman–Crippen MR) is 111 cm³/mol. The lowest BCUT2D eigenvalue weighted by Crippen LogP contribution is -2.49. The predicted octanol–water partition coefficient (Wildman–Crippen LogP) is 1.78. The molecule has 3 aromatic rings. The molecule has 0 aliphatic carbocycles. The Labute approximate surface area is 165 Å². The van der Waals surface area contributed by atoms with Crippen LogP contribution in [0.1, 0.15) is 12.6 Å². The van der Waals surface area contributed by atoms with E-state index in [-0.39, 0.29) is 0 Å². The van der Waals surface area contributed by atoms with E-state index in [1.807, 2.05) is 36.9 Å². The SMILES string of the molecule is Cc1nn(C)c2nc(-c3ccccn3)nc(NCC(C)N3CCN(C)CC3)c12. The van der Waals surface area contributed by atoms with Crippen molar-refractivity contribution >= 4 is 16.9 Å². The molecule has 1 fully saturated rings. The second-order valence-electron chi connectivity index (χ2n) is 7.59. The summed E-state index contributed by atoms with van der Waals surface area (Å²) >= 11 is 0. The van der Waals surface area contributed by atoms with Gasteiger partial charge in [-0.1, -0.05) is 6.07 Å². The number of pyridine rings is 1. The van der Waals surface area contributed by atoms with Crippen molar-refractivity contribution in [3.63, 3.8) is 0 Å². The molecule has 148 valence electrons. The molecule has 0 radical (unpaired) electrons. The van der Waals surface area contributed by atoms with Crippen LogP contribution in [0.4, 0.5) is 5.82 Å². The fourth-order valence-electron chi connectivity index (χ4n) is 3.71. The molecule has 0 amide bonds. The van der Waals surface area contributed by atoms with Crippen molar-refractivity contribution in [2.75, 3.05) is 45.1 Å². The summed E-state index contributed by atoms with van der Waals surface area (Å²) in [6.07, 6.45) is 1.76. The second-order valence-corrected chi connectivity index (χ2v) is 7.59. The Balaban J connectivity index is 1.62. The van der Waals surface area contributed by atoms with Gasteiger partial charge in [-0.3, -0.25) is 14.6 Å². The highest BCUT2D eigenvalue weighted by Crippen LogP contribution is 2.26. The summed E-state index contributed by atoms with van der Waals surface area (Å²) in [5.41, 5.74) is 2.51. The average Bonchev–Trinajstić information content (AvgIpc) is 3.01. The van der Waals surface area contributed by atoms with Crippen molar-refractivity contribution in [2.24, 2.45) is 7.05 Å². The van der Waals surface area contributed by atoms with Crippen LogP contribution in [0.25, 0.3) is 22.6 Å². The zero-order valence-electron chi connectivity index (χ0n) is 17.1. The van der Waals surface area contributed by atoms with Crippen molar-refractivity contribution in [2.45, 2.75) is 19.9 Å². The van der Waals surface area contributed by atoms with Crippen molar-refractivity contribution in [3.05, 3.63) is 30.1 Å². The van der Waals surface area contributed by atoms with E-state index in [2.05, 4.69) is 39.2 Å². The van der Waals surface area contributed by atoms with Crippen LogP contribution in [-0.4, -0.2) is 80.3 Å². The lowest BCUT2D eigenvalue weighted by molar-refractivity contribution is 0.123. The van der Waals surface area contributed by atoms with Crippen molar-refractivity contribution in [1.82, 2.24) is 34.5 Å². The van der Waals surface area contributed by atoms with Crippen LogP contribution < -0.4 is 5.32 Å². The summed E-state index contributed by atoms with van der Waals surface area (Å²) in [7, 11) is 4.10. The molecule has 1 saturated heterocycles. The molecule has 0 bridgehead atoms. The lowest BCUT2D eigenvalue weighted by Gasteiger charge is -2.36. The Kier molecular flexibility index (Phi) is 5.23. The molecule has 8 heteroatoms. The number of hydrogen-bond acceptors (Lipinski definition) is 7. The van der Waals surface area contributed by atoms with E-state index in [1.165, 1.54) is 0 Å². The van der Waals surface area contributed by atoms with Gasteiger partial charge in [0.2, 0.25) is 0 Å². The summed E-state index contributed by atoms with van der Waals surface area (Å²) in [5.74, 6) is 1.45. The van der Waals surface area contributed by atoms with E-state index in [4.69, 9.17) is 9.97 Å². The summed E-state index contributed by atoms with van der Waals surface area (Å²) in [6.45, 7) is 9.54. The van der Waals surface area contributed by atoms with Gasteiger partial charge >= 0.3 is 0 Å². The Morgan fingerprint density at radius 1 is 1.11 bits per heavy atom. The van der Waals surface area contributed by atoms with Gasteiger partial charge in [0, 0.05) is 52.0 Å². The highest BCUT2D eigenvalue weighted by atomic mass is 15.3. The topological polar surface area (TPSA) is 75.0 Å². The third-order valence-electron chi connectivity index (χ3n) is 5.48. The normalized spacial score (nSPS) is 17.1. The minimum absolute atomic E-state index is 0.425. The van der Waals surface area contributed by atoms with Gasteiger partial charge in [-0.05, 0) is 33.0 Å². The van der Waals surface area contributed by atoms with Crippen LogP contribution in [0.2, 0.25) is 0 Å². The molecule has 3 aromatic heterocycles. The zero-order chi connectivity index (χ0) is 19.7. The largest absolute Gasteiger partial charge is 0.368 e. The van der Waals surface area contributed by atoms with E-state index in [1.54, 1.807) is 6.20 Å². The molecule has 8 nitrogen and oxygen atoms in total. The Hall–Kier alpha value is -2.58. The minimum Gasteiger partial charge on any atom is -0.368 e. The van der Waals surface area contributed by atoms with Crippen molar-refractivity contribution in [3.8, 4) is 11.5 Å². The highest BCUT2D eigenvalue weighted by Gasteiger charge is 2.21. The van der Waals surface area contributed by atoms with Crippen LogP contribution in [0.3, 0.4) is 0 Å². The van der Waals surface area contributed by atoms with Crippen molar-refractivity contribution < 1.29 is 0 Å². The Morgan fingerprint density at radius 3 is 2.61 bits per heavy atom. The van der Waals surface area contributed by atoms with Crippen molar-refractivity contribution in [1.29, 1.82) is 0 Å². The number of nitrogens with one attached hydrogen (secondary N) is 1. The first-order chi connectivity index (χ1) is 13.5. The molecule has 1 unspecified atom stereocenters. The number of rotatable bonds is 5. The third-order valence-corrected chi connectivity index (χ3v) is 5.48. The maximum Gasteiger partial charge on any atom is 0.182 e. The van der Waals surface area contributed by atoms with Crippen LogP contribution >= 0.6 is 0 Å². The minimum atomic E-state index is 0.425. The van der Waals surface area contributed by atoms with E-state index < -0.39 is 0 Å². The van der Waals surface area contributed by atoms with Gasteiger partial charge in [-0.2, -0.15) is 5.10 Å². The molecule has 1 aliphatic heterocycles. The first-order valence-corrected chi connectivity index (χ1v) is 9.82. The molecule has 28 heavy (non-hydrogen) atoms. The third kappa shape index (κ3) is 3.70. The van der Waals surface area contributed by atoms with Gasteiger partial charge in [0.15, 0.2) is 11.5 Å². The molecule has 0 aromatic carbocycles. The zero-order valence-corrected chi connectivity index (χ0v) is 17.1. The van der Waals surface area contributed by atoms with Gasteiger partial charge in [-0.25, -0.2) is 9.97 Å². The summed E-state index contributed by atoms with van der Waals surface area (Å²) in [5, 5.41) is 9.10. The lowest BCUT2D eigenvalue weighted by atomic mass is 10.2. The number of aryl methyl sites for hydroxylation is 2. The summed E-state index contributed by atoms with van der Waals surface area (Å²) < 4.78 is 1.81. The molecule has 4 rings (SSSR count).